The zero-order chi connectivity index (χ0) is 18.4. The van der Waals surface area contributed by atoms with Crippen molar-refractivity contribution in [2.45, 2.75) is 25.4 Å². The Balaban J connectivity index is 1.60. The van der Waals surface area contributed by atoms with Crippen LogP contribution in [0.15, 0.2) is 30.6 Å². The second-order valence-corrected chi connectivity index (χ2v) is 6.35. The lowest BCUT2D eigenvalue weighted by Gasteiger charge is -2.26. The van der Waals surface area contributed by atoms with Crippen LogP contribution < -0.4 is 25.0 Å². The van der Waals surface area contributed by atoms with E-state index in [-0.39, 0.29) is 0 Å². The lowest BCUT2D eigenvalue weighted by molar-refractivity contribution is 0.393. The maximum Gasteiger partial charge on any atom is 0.134 e. The maximum absolute atomic E-state index is 5.34. The molecule has 1 atom stereocenters. The van der Waals surface area contributed by atoms with Gasteiger partial charge in [-0.15, -0.1) is 0 Å². The molecule has 3 rings (SSSR count). The molecule has 0 amide bonds. The molecule has 7 heteroatoms. The first-order chi connectivity index (χ1) is 12.7. The van der Waals surface area contributed by atoms with Crippen LogP contribution in [0, 0.1) is 0 Å². The quantitative estimate of drug-likeness (QED) is 0.751. The smallest absolute Gasteiger partial charge is 0.134 e. The molecular weight excluding hydrogens is 330 g/mol. The van der Waals surface area contributed by atoms with Crippen LogP contribution in [0.1, 0.15) is 18.4 Å². The third kappa shape index (κ3) is 4.35. The Morgan fingerprint density at radius 1 is 1.12 bits per heavy atom. The zero-order valence-corrected chi connectivity index (χ0v) is 15.7. The molecule has 0 bridgehead atoms. The standard InChI is InChI=1S/C19H27N5O2/c1-20-18-10-19(23-13-22-18)24-6-4-5-15(24)12-21-11-14-7-16(25-2)9-17(8-14)26-3/h7-10,13,15,21H,4-6,11-12H2,1-3H3,(H,20,22,23). The highest BCUT2D eigenvalue weighted by Gasteiger charge is 2.25. The summed E-state index contributed by atoms with van der Waals surface area (Å²) in [5.74, 6) is 3.45. The van der Waals surface area contributed by atoms with Crippen molar-refractivity contribution >= 4 is 11.6 Å². The van der Waals surface area contributed by atoms with Gasteiger partial charge in [0.2, 0.25) is 0 Å². The Morgan fingerprint density at radius 2 is 1.88 bits per heavy atom. The van der Waals surface area contributed by atoms with Crippen LogP contribution in [0.3, 0.4) is 0 Å². The summed E-state index contributed by atoms with van der Waals surface area (Å²) < 4.78 is 10.7. The highest BCUT2D eigenvalue weighted by Crippen LogP contribution is 2.25. The van der Waals surface area contributed by atoms with E-state index in [4.69, 9.17) is 9.47 Å². The van der Waals surface area contributed by atoms with E-state index >= 15 is 0 Å². The molecule has 0 spiro atoms. The van der Waals surface area contributed by atoms with Gasteiger partial charge in [0, 0.05) is 44.9 Å². The Bertz CT molecular complexity index is 703. The molecule has 0 aliphatic carbocycles. The molecule has 2 heterocycles. The van der Waals surface area contributed by atoms with Crippen LogP contribution in [0.25, 0.3) is 0 Å². The second-order valence-electron chi connectivity index (χ2n) is 6.35. The molecule has 26 heavy (non-hydrogen) atoms. The Hall–Kier alpha value is -2.54. The summed E-state index contributed by atoms with van der Waals surface area (Å²) in [5, 5.41) is 6.64. The van der Waals surface area contributed by atoms with Gasteiger partial charge in [0.05, 0.1) is 14.2 Å². The lowest BCUT2D eigenvalue weighted by atomic mass is 10.1. The van der Waals surface area contributed by atoms with Gasteiger partial charge in [-0.05, 0) is 30.5 Å². The third-order valence-electron chi connectivity index (χ3n) is 4.70. The van der Waals surface area contributed by atoms with Crippen LogP contribution >= 0.6 is 0 Å². The summed E-state index contributed by atoms with van der Waals surface area (Å²) in [6.07, 6.45) is 3.96. The van der Waals surface area contributed by atoms with Crippen LogP contribution in [0.4, 0.5) is 11.6 Å². The third-order valence-corrected chi connectivity index (χ3v) is 4.70. The first kappa shape index (κ1) is 18.3. The van der Waals surface area contributed by atoms with E-state index in [9.17, 15) is 0 Å². The van der Waals surface area contributed by atoms with Crippen molar-refractivity contribution in [3.8, 4) is 11.5 Å². The largest absolute Gasteiger partial charge is 0.497 e. The first-order valence-corrected chi connectivity index (χ1v) is 8.92. The average molecular weight is 357 g/mol. The number of nitrogens with zero attached hydrogens (tertiary/aromatic N) is 3. The summed E-state index contributed by atoms with van der Waals surface area (Å²) in [5.41, 5.74) is 1.14. The molecular formula is C19H27N5O2. The minimum Gasteiger partial charge on any atom is -0.497 e. The van der Waals surface area contributed by atoms with Crippen LogP contribution in [-0.4, -0.2) is 50.4 Å². The fraction of sp³-hybridized carbons (Fsp3) is 0.474. The number of methoxy groups -OCH3 is 2. The van der Waals surface area contributed by atoms with Crippen molar-refractivity contribution in [1.82, 2.24) is 15.3 Å². The van der Waals surface area contributed by atoms with Crippen molar-refractivity contribution in [2.75, 3.05) is 44.6 Å². The second kappa shape index (κ2) is 8.71. The van der Waals surface area contributed by atoms with Crippen LogP contribution in [0.5, 0.6) is 11.5 Å². The maximum atomic E-state index is 5.34. The van der Waals surface area contributed by atoms with Crippen molar-refractivity contribution in [3.05, 3.63) is 36.2 Å². The minimum atomic E-state index is 0.433. The molecule has 1 unspecified atom stereocenters. The number of rotatable bonds is 8. The van der Waals surface area contributed by atoms with Crippen molar-refractivity contribution in [3.63, 3.8) is 0 Å². The molecule has 1 aromatic heterocycles. The van der Waals surface area contributed by atoms with Gasteiger partial charge in [0.1, 0.15) is 29.5 Å². The first-order valence-electron chi connectivity index (χ1n) is 8.92. The monoisotopic (exact) mass is 357 g/mol. The summed E-state index contributed by atoms with van der Waals surface area (Å²) in [6.45, 7) is 2.70. The molecule has 2 N–H and O–H groups in total. The van der Waals surface area contributed by atoms with E-state index in [1.54, 1.807) is 20.5 Å². The molecule has 1 aliphatic heterocycles. The van der Waals surface area contributed by atoms with E-state index in [1.165, 1.54) is 6.42 Å². The molecule has 1 fully saturated rings. The van der Waals surface area contributed by atoms with Gasteiger partial charge >= 0.3 is 0 Å². The summed E-state index contributed by atoms with van der Waals surface area (Å²) in [6, 6.07) is 8.39. The number of ether oxygens (including phenoxy) is 2. The molecule has 2 aromatic rings. The number of benzene rings is 1. The van der Waals surface area contributed by atoms with E-state index < -0.39 is 0 Å². The topological polar surface area (TPSA) is 71.5 Å². The average Bonchev–Trinajstić information content (AvgIpc) is 3.16. The summed E-state index contributed by atoms with van der Waals surface area (Å²) in [4.78, 5) is 11.0. The van der Waals surface area contributed by atoms with Crippen LogP contribution in [0.2, 0.25) is 0 Å². The van der Waals surface area contributed by atoms with Gasteiger partial charge in [-0.25, -0.2) is 9.97 Å². The molecule has 0 radical (unpaired) electrons. The van der Waals surface area contributed by atoms with Gasteiger partial charge in [-0.2, -0.15) is 0 Å². The van der Waals surface area contributed by atoms with Gasteiger partial charge in [-0.1, -0.05) is 0 Å². The number of anilines is 2. The van der Waals surface area contributed by atoms with E-state index in [1.807, 2.05) is 31.3 Å². The number of hydrogen-bond donors (Lipinski definition) is 2. The number of aromatic nitrogens is 2. The molecule has 1 saturated heterocycles. The van der Waals surface area contributed by atoms with Crippen molar-refractivity contribution < 1.29 is 9.47 Å². The van der Waals surface area contributed by atoms with Gasteiger partial charge in [0.25, 0.3) is 0 Å². The highest BCUT2D eigenvalue weighted by atomic mass is 16.5. The van der Waals surface area contributed by atoms with Gasteiger partial charge in [0.15, 0.2) is 0 Å². The minimum absolute atomic E-state index is 0.433. The zero-order valence-electron chi connectivity index (χ0n) is 15.7. The lowest BCUT2D eigenvalue weighted by Crippen LogP contribution is -2.38. The number of nitrogens with one attached hydrogen (secondary N) is 2. The van der Waals surface area contributed by atoms with Crippen molar-refractivity contribution in [2.24, 2.45) is 0 Å². The van der Waals surface area contributed by atoms with E-state index in [2.05, 4.69) is 25.5 Å². The Morgan fingerprint density at radius 3 is 2.58 bits per heavy atom. The van der Waals surface area contributed by atoms with Crippen LogP contribution in [-0.2, 0) is 6.54 Å². The normalized spacial score (nSPS) is 16.6. The molecule has 0 saturated carbocycles. The van der Waals surface area contributed by atoms with Crippen molar-refractivity contribution in [1.29, 1.82) is 0 Å². The molecule has 140 valence electrons. The SMILES string of the molecule is CNc1cc(N2CCCC2CNCc2cc(OC)cc(OC)c2)ncn1. The van der Waals surface area contributed by atoms with E-state index in [0.717, 1.165) is 54.8 Å². The van der Waals surface area contributed by atoms with Gasteiger partial charge < -0.3 is 25.0 Å². The highest BCUT2D eigenvalue weighted by molar-refractivity contribution is 5.49. The molecule has 1 aromatic carbocycles. The van der Waals surface area contributed by atoms with Gasteiger partial charge in [-0.3, -0.25) is 0 Å². The molecule has 7 nitrogen and oxygen atoms in total. The predicted molar refractivity (Wildman–Crippen MR) is 103 cm³/mol. The predicted octanol–water partition coefficient (Wildman–Crippen LogP) is 2.29. The fourth-order valence-electron chi connectivity index (χ4n) is 3.34. The number of hydrogen-bond acceptors (Lipinski definition) is 7. The Labute approximate surface area is 154 Å². The molecule has 1 aliphatic rings. The van der Waals surface area contributed by atoms with E-state index in [0.29, 0.717) is 6.04 Å². The summed E-state index contributed by atoms with van der Waals surface area (Å²) >= 11 is 0. The fourth-order valence-corrected chi connectivity index (χ4v) is 3.34. The Kier molecular flexibility index (Phi) is 6.12. The summed E-state index contributed by atoms with van der Waals surface area (Å²) in [7, 11) is 5.21.